The number of hydrogen-bond acceptors (Lipinski definition) is 2. The Morgan fingerprint density at radius 3 is 2.70 bits per heavy atom. The lowest BCUT2D eigenvalue weighted by Gasteiger charge is -2.09. The molecule has 0 heterocycles. The molecule has 1 atom stereocenters. The Hall–Kier alpha value is -1.53. The van der Waals surface area contributed by atoms with Crippen molar-refractivity contribution in [2.45, 2.75) is 37.5 Å². The first-order valence-electron chi connectivity index (χ1n) is 7.05. The van der Waals surface area contributed by atoms with Crippen molar-refractivity contribution in [3.8, 4) is 11.8 Å². The van der Waals surface area contributed by atoms with Gasteiger partial charge in [0.05, 0.1) is 9.73 Å². The van der Waals surface area contributed by atoms with Gasteiger partial charge < -0.3 is 0 Å². The summed E-state index contributed by atoms with van der Waals surface area (Å²) >= 11 is 0. The van der Waals surface area contributed by atoms with E-state index in [2.05, 4.69) is 22.8 Å². The highest BCUT2D eigenvalue weighted by molar-refractivity contribution is 7.93. The maximum absolute atomic E-state index is 13.1. The predicted octanol–water partition coefficient (Wildman–Crippen LogP) is 4.28. The fourth-order valence-corrected chi connectivity index (χ4v) is 3.64. The molecule has 0 saturated heterocycles. The van der Waals surface area contributed by atoms with E-state index in [1.165, 1.54) is 0 Å². The summed E-state index contributed by atoms with van der Waals surface area (Å²) in [5.74, 6) is 6.59. The molecule has 1 aromatic carbocycles. The molecule has 0 aliphatic carbocycles. The second-order valence-electron chi connectivity index (χ2n) is 4.40. The largest absolute Gasteiger partial charge is 0.245 e. The number of nitrogens with zero attached hydrogens (tertiary/aromatic N) is 1. The first kappa shape index (κ1) is 16.5. The average Bonchev–Trinajstić information content (AvgIpc) is 2.49. The fraction of sp³-hybridized carbons (Fsp3) is 0.412. The van der Waals surface area contributed by atoms with E-state index < -0.39 is 9.73 Å². The molecule has 0 spiro atoms. The molecule has 1 rings (SSSR count). The molecule has 2 nitrogen and oxygen atoms in total. The van der Waals surface area contributed by atoms with Crippen LogP contribution in [0.25, 0.3) is 0 Å². The van der Waals surface area contributed by atoms with Crippen LogP contribution in [0.1, 0.15) is 32.6 Å². The lowest BCUT2D eigenvalue weighted by molar-refractivity contribution is 0.673. The number of unbranched alkanes of at least 4 members (excludes halogenated alkanes) is 1. The second kappa shape index (κ2) is 9.39. The lowest BCUT2D eigenvalue weighted by Crippen LogP contribution is -2.07. The second-order valence-corrected chi connectivity index (χ2v) is 6.82. The third-order valence-electron chi connectivity index (χ3n) is 2.78. The molecular formula is C17H23NOS. The van der Waals surface area contributed by atoms with Gasteiger partial charge >= 0.3 is 0 Å². The van der Waals surface area contributed by atoms with Crippen molar-refractivity contribution >= 4 is 9.73 Å². The van der Waals surface area contributed by atoms with Gasteiger partial charge in [-0.3, -0.25) is 0 Å². The quantitative estimate of drug-likeness (QED) is 0.418. The zero-order valence-electron chi connectivity index (χ0n) is 12.2. The number of allylic oxidation sites excluding steroid dienone is 1. The van der Waals surface area contributed by atoms with Gasteiger partial charge in [-0.25, -0.2) is 8.57 Å². The van der Waals surface area contributed by atoms with Gasteiger partial charge in [-0.1, -0.05) is 31.2 Å². The highest BCUT2D eigenvalue weighted by Crippen LogP contribution is 2.15. The molecule has 3 heteroatoms. The Kier molecular flexibility index (Phi) is 7.75. The molecule has 0 fully saturated rings. The summed E-state index contributed by atoms with van der Waals surface area (Å²) in [6, 6.07) is 9.54. The fourth-order valence-electron chi connectivity index (χ4n) is 1.74. The minimum absolute atomic E-state index is 0.512. The summed E-state index contributed by atoms with van der Waals surface area (Å²) in [6.45, 7) is 6.32. The average molecular weight is 289 g/mol. The topological polar surface area (TPSA) is 29.4 Å². The van der Waals surface area contributed by atoms with Crippen molar-refractivity contribution in [2.24, 2.45) is 4.36 Å². The monoisotopic (exact) mass is 289 g/mol. The van der Waals surface area contributed by atoms with E-state index in [1.807, 2.05) is 43.3 Å². The van der Waals surface area contributed by atoms with E-state index in [4.69, 9.17) is 0 Å². The summed E-state index contributed by atoms with van der Waals surface area (Å²) in [7, 11) is -2.34. The van der Waals surface area contributed by atoms with Gasteiger partial charge in [0.15, 0.2) is 0 Å². The zero-order valence-corrected chi connectivity index (χ0v) is 13.0. The van der Waals surface area contributed by atoms with Crippen molar-refractivity contribution in [3.63, 3.8) is 0 Å². The van der Waals surface area contributed by atoms with Crippen molar-refractivity contribution in [1.29, 1.82) is 0 Å². The summed E-state index contributed by atoms with van der Waals surface area (Å²) < 4.78 is 17.5. The van der Waals surface area contributed by atoms with E-state index in [9.17, 15) is 4.21 Å². The molecule has 0 N–H and O–H groups in total. The van der Waals surface area contributed by atoms with Crippen LogP contribution in [0.15, 0.2) is 52.2 Å². The van der Waals surface area contributed by atoms with Crippen molar-refractivity contribution in [1.82, 2.24) is 0 Å². The first-order chi connectivity index (χ1) is 9.73. The number of rotatable bonds is 7. The first-order valence-corrected chi connectivity index (χ1v) is 8.73. The van der Waals surface area contributed by atoms with Crippen LogP contribution < -0.4 is 0 Å². The highest BCUT2D eigenvalue weighted by atomic mass is 32.2. The zero-order chi connectivity index (χ0) is 14.7. The van der Waals surface area contributed by atoms with Crippen LogP contribution in [-0.2, 0) is 9.73 Å². The van der Waals surface area contributed by atoms with Gasteiger partial charge in [0, 0.05) is 30.0 Å². The third kappa shape index (κ3) is 5.63. The van der Waals surface area contributed by atoms with Gasteiger partial charge in [-0.2, -0.15) is 0 Å². The highest BCUT2D eigenvalue weighted by Gasteiger charge is 2.10. The van der Waals surface area contributed by atoms with E-state index in [-0.39, 0.29) is 0 Å². The molecular weight excluding hydrogens is 266 g/mol. The molecule has 0 bridgehead atoms. The van der Waals surface area contributed by atoms with E-state index in [1.54, 1.807) is 0 Å². The summed E-state index contributed by atoms with van der Waals surface area (Å²) in [5.41, 5.74) is 0. The van der Waals surface area contributed by atoms with Crippen LogP contribution >= 0.6 is 0 Å². The minimum Gasteiger partial charge on any atom is -0.245 e. The van der Waals surface area contributed by atoms with Crippen molar-refractivity contribution in [2.75, 3.05) is 12.3 Å². The Morgan fingerprint density at radius 2 is 2.05 bits per heavy atom. The Labute approximate surface area is 123 Å². The minimum atomic E-state index is -2.34. The predicted molar refractivity (Wildman–Crippen MR) is 87.1 cm³/mol. The van der Waals surface area contributed by atoms with Crippen LogP contribution in [0.5, 0.6) is 0 Å². The van der Waals surface area contributed by atoms with Gasteiger partial charge in [0.1, 0.15) is 0 Å². The Balaban J connectivity index is 2.88. The Morgan fingerprint density at radius 1 is 1.30 bits per heavy atom. The van der Waals surface area contributed by atoms with E-state index >= 15 is 0 Å². The molecule has 108 valence electrons. The van der Waals surface area contributed by atoms with Gasteiger partial charge in [0.25, 0.3) is 0 Å². The molecule has 0 saturated carbocycles. The molecule has 0 aliphatic rings. The van der Waals surface area contributed by atoms with Crippen molar-refractivity contribution in [3.05, 3.63) is 43.0 Å². The maximum Gasteiger partial charge on any atom is 0.0761 e. The molecule has 0 radical (unpaired) electrons. The van der Waals surface area contributed by atoms with Crippen LogP contribution in [0.2, 0.25) is 0 Å². The summed E-state index contributed by atoms with van der Waals surface area (Å²) in [6.07, 6.45) is 5.14. The van der Waals surface area contributed by atoms with Gasteiger partial charge in [0.2, 0.25) is 0 Å². The SMILES string of the molecule is C=CCCCN=S(=O)(CCC#CCC)c1ccccc1. The maximum atomic E-state index is 13.1. The summed E-state index contributed by atoms with van der Waals surface area (Å²) in [4.78, 5) is 0.817. The van der Waals surface area contributed by atoms with Gasteiger partial charge in [-0.15, -0.1) is 18.4 Å². The summed E-state index contributed by atoms with van der Waals surface area (Å²) in [5, 5.41) is 0. The van der Waals surface area contributed by atoms with Crippen molar-refractivity contribution < 1.29 is 4.21 Å². The van der Waals surface area contributed by atoms with Crippen LogP contribution in [-0.4, -0.2) is 16.5 Å². The molecule has 0 amide bonds. The number of benzene rings is 1. The van der Waals surface area contributed by atoms with E-state index in [0.717, 1.165) is 24.2 Å². The molecule has 20 heavy (non-hydrogen) atoms. The molecule has 1 unspecified atom stereocenters. The van der Waals surface area contributed by atoms with Crippen LogP contribution in [0.4, 0.5) is 0 Å². The standard InChI is InChI=1S/C17H23NOS/c1-3-5-7-12-16-20(19,18-15-11-6-4-2)17-13-9-8-10-14-17/h4,8-10,13-14H,2-3,6,11-12,15-16H2,1H3. The Bertz CT molecular complexity index is 572. The van der Waals surface area contributed by atoms with Crippen LogP contribution in [0, 0.1) is 11.8 Å². The third-order valence-corrected chi connectivity index (χ3v) is 5.15. The van der Waals surface area contributed by atoms with Gasteiger partial charge in [-0.05, 0) is 25.0 Å². The smallest absolute Gasteiger partial charge is 0.0761 e. The van der Waals surface area contributed by atoms with Crippen LogP contribution in [0.3, 0.4) is 0 Å². The number of hydrogen-bond donors (Lipinski definition) is 0. The molecule has 0 aromatic heterocycles. The normalized spacial score (nSPS) is 12.8. The molecule has 1 aromatic rings. The molecule has 0 aliphatic heterocycles. The lowest BCUT2D eigenvalue weighted by atomic mass is 10.3. The van der Waals surface area contributed by atoms with E-state index in [0.29, 0.717) is 18.7 Å².